The molecular formula is C26H27N3O5S. The van der Waals surface area contributed by atoms with E-state index in [2.05, 4.69) is 10.6 Å². The molecule has 0 saturated carbocycles. The zero-order chi connectivity index (χ0) is 24.8. The first kappa shape index (κ1) is 24.4. The molecule has 4 rings (SSSR count). The second-order valence-electron chi connectivity index (χ2n) is 8.10. The molecule has 0 bridgehead atoms. The number of amides is 2. The molecule has 3 aromatic carbocycles. The lowest BCUT2D eigenvalue weighted by molar-refractivity contribution is -0.115. The number of nitrogens with zero attached hydrogens (tertiary/aromatic N) is 1. The number of ether oxygens (including phenoxy) is 1. The van der Waals surface area contributed by atoms with Gasteiger partial charge in [-0.3, -0.25) is 9.59 Å². The van der Waals surface area contributed by atoms with Gasteiger partial charge in [0.15, 0.2) is 0 Å². The van der Waals surface area contributed by atoms with E-state index in [-0.39, 0.29) is 36.4 Å². The number of benzene rings is 3. The summed E-state index contributed by atoms with van der Waals surface area (Å²) in [4.78, 5) is 24.4. The monoisotopic (exact) mass is 493 g/mol. The van der Waals surface area contributed by atoms with E-state index < -0.39 is 10.0 Å². The number of nitrogens with one attached hydrogen (secondary N) is 2. The Bertz CT molecular complexity index is 1310. The summed E-state index contributed by atoms with van der Waals surface area (Å²) >= 11 is 0. The summed E-state index contributed by atoms with van der Waals surface area (Å²) in [5.41, 5.74) is 2.56. The largest absolute Gasteiger partial charge is 0.492 e. The molecule has 1 aliphatic rings. The van der Waals surface area contributed by atoms with E-state index in [4.69, 9.17) is 4.74 Å². The standard InChI is InChI=1S/C26H27N3O5S/c1-2-25(30)28-22-9-11-23(12-10-22)35(32,33)29-14-15-34-24-13-8-20(16-21(24)18-29)26(31)27-17-19-6-4-3-5-7-19/h3-13,16H,2,14-15,17-18H2,1H3,(H,27,31)(H,28,30). The van der Waals surface area contributed by atoms with Gasteiger partial charge in [-0.25, -0.2) is 8.42 Å². The van der Waals surface area contributed by atoms with Gasteiger partial charge in [-0.05, 0) is 48.0 Å². The lowest BCUT2D eigenvalue weighted by atomic mass is 10.1. The molecule has 0 saturated heterocycles. The fourth-order valence-electron chi connectivity index (χ4n) is 3.71. The second-order valence-corrected chi connectivity index (χ2v) is 10.0. The molecule has 0 spiro atoms. The third kappa shape index (κ3) is 5.87. The zero-order valence-corrected chi connectivity index (χ0v) is 20.2. The predicted octanol–water partition coefficient (Wildman–Crippen LogP) is 3.55. The van der Waals surface area contributed by atoms with Crippen LogP contribution in [0.25, 0.3) is 0 Å². The van der Waals surface area contributed by atoms with Crippen LogP contribution in [0.3, 0.4) is 0 Å². The van der Waals surface area contributed by atoms with Crippen molar-refractivity contribution in [2.45, 2.75) is 31.3 Å². The van der Waals surface area contributed by atoms with Crippen molar-refractivity contribution >= 4 is 27.5 Å². The van der Waals surface area contributed by atoms with Gasteiger partial charge in [0.25, 0.3) is 5.91 Å². The summed E-state index contributed by atoms with van der Waals surface area (Å²) in [5, 5.41) is 5.59. The van der Waals surface area contributed by atoms with E-state index in [1.54, 1.807) is 37.3 Å². The molecule has 1 heterocycles. The average Bonchev–Trinajstić information content (AvgIpc) is 3.10. The molecule has 0 atom stereocenters. The maximum absolute atomic E-state index is 13.3. The van der Waals surface area contributed by atoms with Crippen molar-refractivity contribution < 1.29 is 22.7 Å². The lowest BCUT2D eigenvalue weighted by Crippen LogP contribution is -2.32. The van der Waals surface area contributed by atoms with Crippen molar-refractivity contribution in [2.24, 2.45) is 0 Å². The molecule has 0 aliphatic carbocycles. The molecule has 0 radical (unpaired) electrons. The summed E-state index contributed by atoms with van der Waals surface area (Å²) in [5.74, 6) is 0.158. The van der Waals surface area contributed by atoms with Crippen molar-refractivity contribution in [3.63, 3.8) is 0 Å². The van der Waals surface area contributed by atoms with Gasteiger partial charge >= 0.3 is 0 Å². The van der Waals surface area contributed by atoms with E-state index in [0.29, 0.717) is 35.5 Å². The Morgan fingerprint density at radius 3 is 2.46 bits per heavy atom. The van der Waals surface area contributed by atoms with Crippen molar-refractivity contribution in [2.75, 3.05) is 18.5 Å². The maximum Gasteiger partial charge on any atom is 0.251 e. The highest BCUT2D eigenvalue weighted by Gasteiger charge is 2.28. The first-order chi connectivity index (χ1) is 16.9. The Morgan fingerprint density at radius 1 is 1.00 bits per heavy atom. The Hall–Kier alpha value is -3.69. The SMILES string of the molecule is CCC(=O)Nc1ccc(S(=O)(=O)N2CCOc3ccc(C(=O)NCc4ccccc4)cc3C2)cc1. The molecule has 182 valence electrons. The predicted molar refractivity (Wildman–Crippen MR) is 133 cm³/mol. The van der Waals surface area contributed by atoms with E-state index in [0.717, 1.165) is 5.56 Å². The highest BCUT2D eigenvalue weighted by Crippen LogP contribution is 2.28. The molecule has 9 heteroatoms. The number of sulfonamides is 1. The van der Waals surface area contributed by atoms with Crippen LogP contribution in [-0.4, -0.2) is 37.7 Å². The molecule has 3 aromatic rings. The van der Waals surface area contributed by atoms with Gasteiger partial charge in [0.1, 0.15) is 12.4 Å². The van der Waals surface area contributed by atoms with Gasteiger partial charge in [0, 0.05) is 42.9 Å². The number of carbonyl (C=O) groups excluding carboxylic acids is 2. The summed E-state index contributed by atoms with van der Waals surface area (Å²) in [6.07, 6.45) is 0.333. The number of anilines is 1. The quantitative estimate of drug-likeness (QED) is 0.524. The van der Waals surface area contributed by atoms with Crippen LogP contribution in [0.1, 0.15) is 34.8 Å². The summed E-state index contributed by atoms with van der Waals surface area (Å²) in [6.45, 7) is 2.57. The van der Waals surface area contributed by atoms with Crippen molar-refractivity contribution in [1.82, 2.24) is 9.62 Å². The first-order valence-corrected chi connectivity index (χ1v) is 12.8. The van der Waals surface area contributed by atoms with Crippen LogP contribution >= 0.6 is 0 Å². The number of carbonyl (C=O) groups is 2. The number of hydrogen-bond acceptors (Lipinski definition) is 5. The fourth-order valence-corrected chi connectivity index (χ4v) is 5.11. The minimum atomic E-state index is -3.82. The van der Waals surface area contributed by atoms with E-state index in [1.807, 2.05) is 30.3 Å². The van der Waals surface area contributed by atoms with E-state index in [1.165, 1.54) is 16.4 Å². The number of rotatable bonds is 7. The third-order valence-electron chi connectivity index (χ3n) is 5.66. The minimum absolute atomic E-state index is 0.0752. The highest BCUT2D eigenvalue weighted by atomic mass is 32.2. The molecule has 2 N–H and O–H groups in total. The lowest BCUT2D eigenvalue weighted by Gasteiger charge is -2.20. The van der Waals surface area contributed by atoms with Crippen molar-refractivity contribution in [3.8, 4) is 5.75 Å². The van der Waals surface area contributed by atoms with E-state index >= 15 is 0 Å². The number of hydrogen-bond donors (Lipinski definition) is 2. The van der Waals surface area contributed by atoms with Crippen LogP contribution in [0.5, 0.6) is 5.75 Å². The maximum atomic E-state index is 13.3. The minimum Gasteiger partial charge on any atom is -0.492 e. The molecule has 2 amide bonds. The van der Waals surface area contributed by atoms with Gasteiger partial charge in [-0.1, -0.05) is 37.3 Å². The average molecular weight is 494 g/mol. The van der Waals surface area contributed by atoms with Crippen LogP contribution in [-0.2, 0) is 27.9 Å². The summed E-state index contributed by atoms with van der Waals surface area (Å²) in [7, 11) is -3.82. The molecule has 0 aromatic heterocycles. The summed E-state index contributed by atoms with van der Waals surface area (Å²) in [6, 6.07) is 20.7. The van der Waals surface area contributed by atoms with E-state index in [9.17, 15) is 18.0 Å². The second kappa shape index (κ2) is 10.7. The Labute approximate surface area is 205 Å². The highest BCUT2D eigenvalue weighted by molar-refractivity contribution is 7.89. The molecule has 1 aliphatic heterocycles. The van der Waals surface area contributed by atoms with Crippen LogP contribution < -0.4 is 15.4 Å². The number of fused-ring (bicyclic) bond motifs is 1. The van der Waals surface area contributed by atoms with Gasteiger partial charge < -0.3 is 15.4 Å². The Morgan fingerprint density at radius 2 is 1.74 bits per heavy atom. The molecule has 0 unspecified atom stereocenters. The molecule has 35 heavy (non-hydrogen) atoms. The third-order valence-corrected chi connectivity index (χ3v) is 7.52. The van der Waals surface area contributed by atoms with Gasteiger partial charge in [0.2, 0.25) is 15.9 Å². The van der Waals surface area contributed by atoms with Crippen molar-refractivity contribution in [3.05, 3.63) is 89.5 Å². The van der Waals surface area contributed by atoms with Crippen LogP contribution in [0.4, 0.5) is 5.69 Å². The Balaban J connectivity index is 1.50. The zero-order valence-electron chi connectivity index (χ0n) is 19.4. The van der Waals surface area contributed by atoms with Crippen LogP contribution in [0, 0.1) is 0 Å². The smallest absolute Gasteiger partial charge is 0.251 e. The van der Waals surface area contributed by atoms with Crippen LogP contribution in [0.15, 0.2) is 77.7 Å². The molecular weight excluding hydrogens is 466 g/mol. The van der Waals surface area contributed by atoms with Gasteiger partial charge in [0.05, 0.1) is 4.90 Å². The van der Waals surface area contributed by atoms with Gasteiger partial charge in [-0.2, -0.15) is 4.31 Å². The van der Waals surface area contributed by atoms with Crippen LogP contribution in [0.2, 0.25) is 0 Å². The first-order valence-electron chi connectivity index (χ1n) is 11.3. The molecule has 0 fully saturated rings. The Kier molecular flexibility index (Phi) is 7.48. The summed E-state index contributed by atoms with van der Waals surface area (Å²) < 4.78 is 33.7. The normalized spacial score (nSPS) is 13.7. The topological polar surface area (TPSA) is 105 Å². The fraction of sp³-hybridized carbons (Fsp3) is 0.231. The van der Waals surface area contributed by atoms with Gasteiger partial charge in [-0.15, -0.1) is 0 Å². The molecule has 8 nitrogen and oxygen atoms in total. The van der Waals surface area contributed by atoms with Crippen molar-refractivity contribution in [1.29, 1.82) is 0 Å².